The van der Waals surface area contributed by atoms with Gasteiger partial charge in [0, 0.05) is 13.5 Å². The van der Waals surface area contributed by atoms with Crippen molar-refractivity contribution in [1.82, 2.24) is 25.0 Å². The molecule has 0 fully saturated rings. The molecule has 2 aromatic heterocycles. The maximum atomic E-state index is 13.7. The second kappa shape index (κ2) is 6.91. The maximum absolute atomic E-state index is 13.7. The second-order valence-corrected chi connectivity index (χ2v) is 5.54. The van der Waals surface area contributed by atoms with Crippen molar-refractivity contribution in [3.8, 4) is 0 Å². The number of aromatic nitrogens is 4. The van der Waals surface area contributed by atoms with E-state index in [0.29, 0.717) is 17.3 Å². The summed E-state index contributed by atoms with van der Waals surface area (Å²) in [4.78, 5) is 11.8. The first-order valence-corrected chi connectivity index (χ1v) is 7.39. The van der Waals surface area contributed by atoms with Crippen molar-refractivity contribution in [3.05, 3.63) is 33.6 Å². The van der Waals surface area contributed by atoms with Gasteiger partial charge < -0.3 is 0 Å². The Balaban J connectivity index is 1.90. The zero-order valence-electron chi connectivity index (χ0n) is 13.4. The lowest BCUT2D eigenvalue weighted by Gasteiger charge is -2.03. The summed E-state index contributed by atoms with van der Waals surface area (Å²) in [6.07, 6.45) is 1.43. The summed E-state index contributed by atoms with van der Waals surface area (Å²) in [7, 11) is 1.50. The van der Waals surface area contributed by atoms with E-state index in [2.05, 4.69) is 20.7 Å². The van der Waals surface area contributed by atoms with Crippen LogP contribution >= 0.6 is 11.6 Å². The molecule has 0 aromatic carbocycles. The lowest BCUT2D eigenvalue weighted by atomic mass is 10.3. The quantitative estimate of drug-likeness (QED) is 0.667. The lowest BCUT2D eigenvalue weighted by molar-refractivity contribution is -0.121. The van der Waals surface area contributed by atoms with E-state index in [0.717, 1.165) is 16.1 Å². The fourth-order valence-corrected chi connectivity index (χ4v) is 2.25. The number of carbonyl (C=O) groups excluding carboxylic acids is 1. The molecule has 0 saturated heterocycles. The Labute approximate surface area is 138 Å². The van der Waals surface area contributed by atoms with Gasteiger partial charge in [0.05, 0.1) is 40.4 Å². The Kier molecular flexibility index (Phi) is 5.15. The van der Waals surface area contributed by atoms with E-state index in [-0.39, 0.29) is 17.9 Å². The van der Waals surface area contributed by atoms with Gasteiger partial charge in [-0.15, -0.1) is 0 Å². The fraction of sp³-hybridized carbons (Fsp3) is 0.429. The van der Waals surface area contributed by atoms with Gasteiger partial charge in [-0.25, -0.2) is 10.1 Å². The van der Waals surface area contributed by atoms with Crippen LogP contribution in [-0.2, 0) is 18.4 Å². The van der Waals surface area contributed by atoms with Crippen LogP contribution in [0.3, 0.4) is 0 Å². The van der Waals surface area contributed by atoms with Crippen LogP contribution in [0.5, 0.6) is 0 Å². The standard InChI is InChI=1S/C14H18ClFN6O/c1-8-11(14(16)21(4)19-8)7-17-18-12(23)5-6-22-10(3)13(15)9(2)20-22/h7H,5-6H2,1-4H3,(H,18,23)/b17-7+. The van der Waals surface area contributed by atoms with E-state index in [1.165, 1.54) is 13.3 Å². The smallest absolute Gasteiger partial charge is 0.241 e. The minimum absolute atomic E-state index is 0.185. The van der Waals surface area contributed by atoms with E-state index in [1.807, 2.05) is 6.92 Å². The van der Waals surface area contributed by atoms with Crippen molar-refractivity contribution >= 4 is 23.7 Å². The number of hydrogen-bond acceptors (Lipinski definition) is 4. The summed E-state index contributed by atoms with van der Waals surface area (Å²) in [5.74, 6) is -0.801. The minimum atomic E-state index is -0.502. The molecular weight excluding hydrogens is 323 g/mol. The molecule has 1 N–H and O–H groups in total. The molecular formula is C14H18ClFN6O. The number of halogens is 2. The molecule has 7 nitrogen and oxygen atoms in total. The number of hydrazone groups is 1. The van der Waals surface area contributed by atoms with Crippen LogP contribution in [0, 0.1) is 26.7 Å². The van der Waals surface area contributed by atoms with Crippen molar-refractivity contribution in [3.63, 3.8) is 0 Å². The van der Waals surface area contributed by atoms with Gasteiger partial charge in [-0.1, -0.05) is 11.6 Å². The van der Waals surface area contributed by atoms with Gasteiger partial charge in [-0.2, -0.15) is 19.7 Å². The molecule has 23 heavy (non-hydrogen) atoms. The molecule has 0 saturated carbocycles. The van der Waals surface area contributed by atoms with Gasteiger partial charge in [0.15, 0.2) is 0 Å². The molecule has 0 unspecified atom stereocenters. The monoisotopic (exact) mass is 340 g/mol. The predicted octanol–water partition coefficient (Wildman–Crippen LogP) is 1.87. The molecule has 0 aliphatic carbocycles. The Bertz CT molecular complexity index is 764. The van der Waals surface area contributed by atoms with E-state index < -0.39 is 5.95 Å². The molecule has 2 rings (SSSR count). The number of aryl methyl sites for hydroxylation is 4. The minimum Gasteiger partial charge on any atom is -0.273 e. The average Bonchev–Trinajstić information content (AvgIpc) is 2.89. The highest BCUT2D eigenvalue weighted by atomic mass is 35.5. The van der Waals surface area contributed by atoms with Gasteiger partial charge in [0.1, 0.15) is 0 Å². The molecule has 2 heterocycles. The third kappa shape index (κ3) is 3.76. The highest BCUT2D eigenvalue weighted by molar-refractivity contribution is 6.31. The highest BCUT2D eigenvalue weighted by Crippen LogP contribution is 2.18. The maximum Gasteiger partial charge on any atom is 0.241 e. The van der Waals surface area contributed by atoms with E-state index in [1.54, 1.807) is 18.5 Å². The first kappa shape index (κ1) is 17.1. The molecule has 0 atom stereocenters. The number of carbonyl (C=O) groups is 1. The summed E-state index contributed by atoms with van der Waals surface area (Å²) in [6.45, 7) is 5.70. The first-order chi connectivity index (χ1) is 10.8. The van der Waals surface area contributed by atoms with Gasteiger partial charge in [0.25, 0.3) is 0 Å². The van der Waals surface area contributed by atoms with Gasteiger partial charge >= 0.3 is 0 Å². The molecule has 1 amide bonds. The lowest BCUT2D eigenvalue weighted by Crippen LogP contribution is -2.20. The second-order valence-electron chi connectivity index (χ2n) is 5.16. The van der Waals surface area contributed by atoms with Gasteiger partial charge in [-0.05, 0) is 20.8 Å². The topological polar surface area (TPSA) is 77.1 Å². The van der Waals surface area contributed by atoms with Crippen LogP contribution in [0.1, 0.15) is 29.1 Å². The van der Waals surface area contributed by atoms with E-state index in [4.69, 9.17) is 11.6 Å². The fourth-order valence-electron chi connectivity index (χ4n) is 2.12. The molecule has 0 aliphatic heterocycles. The van der Waals surface area contributed by atoms with Crippen molar-refractivity contribution in [2.75, 3.05) is 0 Å². The number of hydrogen-bond donors (Lipinski definition) is 1. The molecule has 124 valence electrons. The Morgan fingerprint density at radius 2 is 2.04 bits per heavy atom. The molecule has 0 bridgehead atoms. The molecule has 0 spiro atoms. The third-order valence-corrected chi connectivity index (χ3v) is 3.97. The van der Waals surface area contributed by atoms with Gasteiger partial charge in [0.2, 0.25) is 11.9 Å². The van der Waals surface area contributed by atoms with Crippen molar-refractivity contribution < 1.29 is 9.18 Å². The normalized spacial score (nSPS) is 11.4. The zero-order chi connectivity index (χ0) is 17.1. The largest absolute Gasteiger partial charge is 0.273 e. The number of rotatable bonds is 5. The van der Waals surface area contributed by atoms with Crippen LogP contribution in [0.25, 0.3) is 0 Å². The SMILES string of the molecule is Cc1nn(CCC(=O)N/N=C/c2c(C)nn(C)c2F)c(C)c1Cl. The van der Waals surface area contributed by atoms with E-state index in [9.17, 15) is 9.18 Å². The zero-order valence-corrected chi connectivity index (χ0v) is 14.1. The predicted molar refractivity (Wildman–Crippen MR) is 85.0 cm³/mol. The number of nitrogens with one attached hydrogen (secondary N) is 1. The summed E-state index contributed by atoms with van der Waals surface area (Å²) in [5.41, 5.74) is 4.65. The van der Waals surface area contributed by atoms with Crippen molar-refractivity contribution in [2.24, 2.45) is 12.1 Å². The third-order valence-electron chi connectivity index (χ3n) is 3.42. The van der Waals surface area contributed by atoms with Crippen LogP contribution in [0.15, 0.2) is 5.10 Å². The van der Waals surface area contributed by atoms with E-state index >= 15 is 0 Å². The Morgan fingerprint density at radius 1 is 1.35 bits per heavy atom. The summed E-state index contributed by atoms with van der Waals surface area (Å²) >= 11 is 6.05. The van der Waals surface area contributed by atoms with Crippen LogP contribution in [0.2, 0.25) is 5.02 Å². The molecule has 0 aliphatic rings. The molecule has 2 aromatic rings. The summed E-state index contributed by atoms with van der Waals surface area (Å²) < 4.78 is 16.5. The van der Waals surface area contributed by atoms with Crippen molar-refractivity contribution in [1.29, 1.82) is 0 Å². The molecule has 9 heteroatoms. The first-order valence-electron chi connectivity index (χ1n) is 7.01. The number of amides is 1. The Morgan fingerprint density at radius 3 is 2.57 bits per heavy atom. The van der Waals surface area contributed by atoms with Crippen LogP contribution in [-0.4, -0.2) is 31.7 Å². The summed E-state index contributed by atoms with van der Waals surface area (Å²) in [5, 5.41) is 12.5. The summed E-state index contributed by atoms with van der Waals surface area (Å²) in [6, 6.07) is 0. The number of nitrogens with zero attached hydrogens (tertiary/aromatic N) is 5. The highest BCUT2D eigenvalue weighted by Gasteiger charge is 2.12. The Hall–Kier alpha value is -2.22. The molecule has 0 radical (unpaired) electrons. The van der Waals surface area contributed by atoms with Gasteiger partial charge in [-0.3, -0.25) is 9.48 Å². The average molecular weight is 341 g/mol. The van der Waals surface area contributed by atoms with Crippen LogP contribution in [0.4, 0.5) is 4.39 Å². The van der Waals surface area contributed by atoms with Crippen molar-refractivity contribution in [2.45, 2.75) is 33.7 Å². The van der Waals surface area contributed by atoms with Crippen LogP contribution < -0.4 is 5.43 Å².